The van der Waals surface area contributed by atoms with Gasteiger partial charge in [0.15, 0.2) is 12.4 Å². The molecule has 0 aliphatic carbocycles. The lowest BCUT2D eigenvalue weighted by Gasteiger charge is -2.22. The van der Waals surface area contributed by atoms with E-state index < -0.39 is 0 Å². The standard InChI is InChI=1S/C42H57N6O2S2/c1-8-35(23-26-43-2)11-12-36-15-19-39(20-16-36)45(4)27-9-29-47(6)41(49)33-51-52-34-42(50)48(7)30-10-28-46(5)40-21-17-37(18-22-40)13-14-38-24-31-44(3)32-25-38/h8,11-26,31-32,43H,9-10,27-30,33-34H2,1-7H3/q+1/b12-11+,26-23-,35-8-. The predicted octanol–water partition coefficient (Wildman–Crippen LogP) is 7.03. The highest BCUT2D eigenvalue weighted by Crippen LogP contribution is 2.22. The number of rotatable bonds is 21. The first-order chi connectivity index (χ1) is 25.1. The SMILES string of the molecule is C/C=C(\C=C/NC)/C=C/c1ccc(N(C)CCCN(C)C(=O)CSSCC(=O)N(C)CCCN(C)c2ccc(/C=C/c3cc[n+](C)cc3)cc2)cc1. The summed E-state index contributed by atoms with van der Waals surface area (Å²) in [5.41, 5.74) is 6.90. The number of aryl methyl sites for hydroxylation is 1. The molecule has 278 valence electrons. The molecule has 0 aliphatic heterocycles. The Morgan fingerprint density at radius 3 is 1.54 bits per heavy atom. The highest BCUT2D eigenvalue weighted by molar-refractivity contribution is 8.77. The number of nitrogens with zero attached hydrogens (tertiary/aromatic N) is 5. The van der Waals surface area contributed by atoms with Gasteiger partial charge in [-0.1, -0.05) is 76.2 Å². The molecule has 52 heavy (non-hydrogen) atoms. The number of hydrogen-bond acceptors (Lipinski definition) is 7. The van der Waals surface area contributed by atoms with E-state index in [0.717, 1.165) is 54.0 Å². The smallest absolute Gasteiger partial charge is 0.233 e. The Bertz CT molecular complexity index is 1640. The van der Waals surface area contributed by atoms with Gasteiger partial charge in [-0.2, -0.15) is 0 Å². The molecule has 0 bridgehead atoms. The first-order valence-corrected chi connectivity index (χ1v) is 20.2. The normalized spacial score (nSPS) is 11.8. The minimum atomic E-state index is 0.0831. The summed E-state index contributed by atoms with van der Waals surface area (Å²) < 4.78 is 2.02. The summed E-state index contributed by atoms with van der Waals surface area (Å²) in [5, 5.41) is 3.02. The second-order valence-corrected chi connectivity index (χ2v) is 15.2. The van der Waals surface area contributed by atoms with Crippen LogP contribution in [0.3, 0.4) is 0 Å². The summed E-state index contributed by atoms with van der Waals surface area (Å²) in [4.78, 5) is 33.4. The third-order valence-corrected chi connectivity index (χ3v) is 10.8. The maximum atomic E-state index is 12.7. The van der Waals surface area contributed by atoms with Crippen LogP contribution in [-0.4, -0.2) is 94.5 Å². The van der Waals surface area contributed by atoms with Crippen LogP contribution in [0.4, 0.5) is 11.4 Å². The number of aromatic nitrogens is 1. The van der Waals surface area contributed by atoms with Crippen LogP contribution in [0.5, 0.6) is 0 Å². The van der Waals surface area contributed by atoms with Gasteiger partial charge in [-0.15, -0.1) is 0 Å². The van der Waals surface area contributed by atoms with Gasteiger partial charge in [0.2, 0.25) is 11.8 Å². The molecule has 0 unspecified atom stereocenters. The van der Waals surface area contributed by atoms with Gasteiger partial charge in [-0.25, -0.2) is 4.57 Å². The van der Waals surface area contributed by atoms with Crippen LogP contribution in [0.15, 0.2) is 103 Å². The Labute approximate surface area is 320 Å². The van der Waals surface area contributed by atoms with Crippen molar-refractivity contribution in [3.05, 3.63) is 120 Å². The molecule has 0 aliphatic rings. The number of carbonyl (C=O) groups excluding carboxylic acids is 2. The van der Waals surface area contributed by atoms with E-state index >= 15 is 0 Å². The van der Waals surface area contributed by atoms with Gasteiger partial charge in [-0.3, -0.25) is 9.59 Å². The number of anilines is 2. The third kappa shape index (κ3) is 15.5. The van der Waals surface area contributed by atoms with Gasteiger partial charge in [0.1, 0.15) is 7.05 Å². The lowest BCUT2D eigenvalue weighted by Crippen LogP contribution is -2.32. The molecule has 0 atom stereocenters. The van der Waals surface area contributed by atoms with Crippen LogP contribution in [0.2, 0.25) is 0 Å². The van der Waals surface area contributed by atoms with Crippen LogP contribution < -0.4 is 19.7 Å². The van der Waals surface area contributed by atoms with E-state index in [0.29, 0.717) is 24.6 Å². The van der Waals surface area contributed by atoms with E-state index in [1.165, 1.54) is 27.2 Å². The molecule has 10 heteroatoms. The molecular formula is C42H57N6O2S2+. The summed E-state index contributed by atoms with van der Waals surface area (Å²) in [6.45, 7) is 5.10. The van der Waals surface area contributed by atoms with Gasteiger partial charge in [0.05, 0.1) is 11.5 Å². The monoisotopic (exact) mass is 741 g/mol. The van der Waals surface area contributed by atoms with Crippen LogP contribution in [0.1, 0.15) is 36.5 Å². The Morgan fingerprint density at radius 1 is 0.654 bits per heavy atom. The van der Waals surface area contributed by atoms with Gasteiger partial charge in [0.25, 0.3) is 0 Å². The zero-order chi connectivity index (χ0) is 37.7. The van der Waals surface area contributed by atoms with Crippen LogP contribution >= 0.6 is 21.6 Å². The van der Waals surface area contributed by atoms with Crippen LogP contribution in [0.25, 0.3) is 18.2 Å². The van der Waals surface area contributed by atoms with Gasteiger partial charge in [-0.05, 0) is 78.6 Å². The van der Waals surface area contributed by atoms with Crippen LogP contribution in [0, 0.1) is 0 Å². The molecule has 0 radical (unpaired) electrons. The lowest BCUT2D eigenvalue weighted by molar-refractivity contribution is -0.671. The molecule has 0 saturated carbocycles. The van der Waals surface area contributed by atoms with Crippen molar-refractivity contribution in [2.75, 3.05) is 82.7 Å². The minimum absolute atomic E-state index is 0.0831. The quantitative estimate of drug-likeness (QED) is 0.0545. The van der Waals surface area contributed by atoms with Crippen molar-refractivity contribution in [3.8, 4) is 0 Å². The Balaban J connectivity index is 1.26. The zero-order valence-corrected chi connectivity index (χ0v) is 33.6. The fourth-order valence-electron chi connectivity index (χ4n) is 5.12. The molecule has 0 saturated heterocycles. The van der Waals surface area contributed by atoms with Gasteiger partial charge in [0, 0.05) is 84.9 Å². The predicted molar refractivity (Wildman–Crippen MR) is 226 cm³/mol. The van der Waals surface area contributed by atoms with E-state index in [1.807, 2.05) is 64.4 Å². The lowest BCUT2D eigenvalue weighted by atomic mass is 10.1. The van der Waals surface area contributed by atoms with Crippen molar-refractivity contribution in [3.63, 3.8) is 0 Å². The first-order valence-electron chi connectivity index (χ1n) is 17.8. The minimum Gasteiger partial charge on any atom is -0.394 e. The molecule has 0 fully saturated rings. The average Bonchev–Trinajstić information content (AvgIpc) is 3.16. The summed E-state index contributed by atoms with van der Waals surface area (Å²) >= 11 is 0. The number of nitrogens with one attached hydrogen (secondary N) is 1. The zero-order valence-electron chi connectivity index (χ0n) is 32.0. The van der Waals surface area contributed by atoms with E-state index in [4.69, 9.17) is 0 Å². The number of allylic oxidation sites excluding steroid dienone is 4. The number of hydrogen-bond donors (Lipinski definition) is 1. The molecule has 1 heterocycles. The molecule has 2 amide bonds. The maximum Gasteiger partial charge on any atom is 0.233 e. The van der Waals surface area contributed by atoms with E-state index in [-0.39, 0.29) is 11.8 Å². The second-order valence-electron chi connectivity index (χ2n) is 12.8. The molecule has 1 aromatic heterocycles. The molecule has 0 spiro atoms. The van der Waals surface area contributed by atoms with Crippen molar-refractivity contribution in [1.29, 1.82) is 0 Å². The van der Waals surface area contributed by atoms with E-state index in [1.54, 1.807) is 9.80 Å². The topological polar surface area (TPSA) is 63.0 Å². The first kappa shape index (κ1) is 42.0. The molecule has 2 aromatic carbocycles. The van der Waals surface area contributed by atoms with Crippen molar-refractivity contribution < 1.29 is 14.2 Å². The van der Waals surface area contributed by atoms with Crippen molar-refractivity contribution in [2.45, 2.75) is 19.8 Å². The average molecular weight is 742 g/mol. The molecule has 3 aromatic rings. The molecule has 1 N–H and O–H groups in total. The third-order valence-electron chi connectivity index (χ3n) is 8.66. The number of carbonyl (C=O) groups is 2. The summed E-state index contributed by atoms with van der Waals surface area (Å²) in [5.74, 6) is 0.876. The molecule has 8 nitrogen and oxygen atoms in total. The van der Waals surface area contributed by atoms with Gasteiger partial charge >= 0.3 is 0 Å². The number of benzene rings is 2. The highest BCUT2D eigenvalue weighted by Gasteiger charge is 2.13. The van der Waals surface area contributed by atoms with Crippen molar-refractivity contribution >= 4 is 63.0 Å². The highest BCUT2D eigenvalue weighted by atomic mass is 33.1. The van der Waals surface area contributed by atoms with Crippen molar-refractivity contribution in [1.82, 2.24) is 15.1 Å². The maximum absolute atomic E-state index is 12.7. The van der Waals surface area contributed by atoms with Gasteiger partial charge < -0.3 is 24.9 Å². The summed E-state index contributed by atoms with van der Waals surface area (Å²) in [7, 11) is 14.7. The van der Waals surface area contributed by atoms with E-state index in [2.05, 4.69) is 120 Å². The Hall–Kier alpha value is -4.41. The molecule has 3 rings (SSSR count). The fourth-order valence-corrected chi connectivity index (χ4v) is 7.03. The number of pyridine rings is 1. The second kappa shape index (κ2) is 23.2. The van der Waals surface area contributed by atoms with Crippen LogP contribution in [-0.2, 0) is 16.6 Å². The van der Waals surface area contributed by atoms with Crippen molar-refractivity contribution in [2.24, 2.45) is 7.05 Å². The van der Waals surface area contributed by atoms with E-state index in [9.17, 15) is 9.59 Å². The number of amides is 2. The fraction of sp³-hybridized carbons (Fsp3) is 0.357. The largest absolute Gasteiger partial charge is 0.394 e. The summed E-state index contributed by atoms with van der Waals surface area (Å²) in [6.07, 6.45) is 20.3. The Morgan fingerprint density at radius 2 is 1.10 bits per heavy atom. The molecular weight excluding hydrogens is 685 g/mol. The Kier molecular flexibility index (Phi) is 18.8. The summed E-state index contributed by atoms with van der Waals surface area (Å²) in [6, 6.07) is 21.2.